The number of allylic oxidation sites excluding steroid dienone is 2. The number of ether oxygens (including phenoxy) is 2. The monoisotopic (exact) mass is 273 g/mol. The van der Waals surface area contributed by atoms with E-state index < -0.39 is 11.7 Å². The van der Waals surface area contributed by atoms with Crippen LogP contribution in [0.1, 0.15) is 19.4 Å². The van der Waals surface area contributed by atoms with Gasteiger partial charge in [0.25, 0.3) is 0 Å². The summed E-state index contributed by atoms with van der Waals surface area (Å²) < 4.78 is 11.0. The summed E-state index contributed by atoms with van der Waals surface area (Å²) in [5.74, 6) is 0.364. The number of carbonyl (C=O) groups excluding carboxylic acids is 1. The van der Waals surface area contributed by atoms with E-state index in [9.17, 15) is 9.90 Å². The molecule has 0 amide bonds. The molecule has 1 aromatic rings. The Bertz CT molecular complexity index is 670. The lowest BCUT2D eigenvalue weighted by Gasteiger charge is -2.31. The van der Waals surface area contributed by atoms with E-state index >= 15 is 0 Å². The van der Waals surface area contributed by atoms with Crippen LogP contribution in [-0.2, 0) is 9.53 Å². The van der Waals surface area contributed by atoms with Gasteiger partial charge in [-0.25, -0.2) is 4.79 Å². The van der Waals surface area contributed by atoms with Crippen molar-refractivity contribution in [2.75, 3.05) is 5.32 Å². The van der Waals surface area contributed by atoms with Gasteiger partial charge in [-0.15, -0.1) is 0 Å². The zero-order valence-corrected chi connectivity index (χ0v) is 11.5. The Labute approximate surface area is 116 Å². The van der Waals surface area contributed by atoms with Crippen molar-refractivity contribution in [3.8, 4) is 5.75 Å². The zero-order valence-electron chi connectivity index (χ0n) is 11.5. The minimum absolute atomic E-state index is 0.0682. The fourth-order valence-electron chi connectivity index (χ4n) is 2.61. The van der Waals surface area contributed by atoms with E-state index in [4.69, 9.17) is 9.47 Å². The van der Waals surface area contributed by atoms with Crippen LogP contribution in [0.4, 0.5) is 5.69 Å². The van der Waals surface area contributed by atoms with Crippen LogP contribution in [0.5, 0.6) is 5.75 Å². The molecule has 0 unspecified atom stereocenters. The summed E-state index contributed by atoms with van der Waals surface area (Å²) in [5.41, 5.74) is 0.597. The largest absolute Gasteiger partial charge is 0.512 e. The summed E-state index contributed by atoms with van der Waals surface area (Å²) >= 11 is 0. The SMILES string of the molecule is CC1=C[C@]2(Nc3cccc(C)c3O2)C(=C(C)O)C(=O)O1. The number of hydrogen-bond acceptors (Lipinski definition) is 5. The lowest BCUT2D eigenvalue weighted by molar-refractivity contribution is -0.138. The van der Waals surface area contributed by atoms with Crippen molar-refractivity contribution in [1.82, 2.24) is 0 Å². The summed E-state index contributed by atoms with van der Waals surface area (Å²) in [6, 6.07) is 5.69. The molecule has 0 aliphatic carbocycles. The minimum atomic E-state index is -1.20. The van der Waals surface area contributed by atoms with Gasteiger partial charge in [-0.2, -0.15) is 0 Å². The molecule has 0 radical (unpaired) electrons. The maximum Gasteiger partial charge on any atom is 0.349 e. The smallest absolute Gasteiger partial charge is 0.349 e. The van der Waals surface area contributed by atoms with Gasteiger partial charge in [0.15, 0.2) is 0 Å². The molecule has 20 heavy (non-hydrogen) atoms. The van der Waals surface area contributed by atoms with Crippen molar-refractivity contribution >= 4 is 11.7 Å². The number of esters is 1. The maximum absolute atomic E-state index is 12.0. The number of benzene rings is 1. The number of nitrogens with one attached hydrogen (secondary N) is 1. The average molecular weight is 273 g/mol. The van der Waals surface area contributed by atoms with Crippen LogP contribution >= 0.6 is 0 Å². The molecule has 2 N–H and O–H groups in total. The van der Waals surface area contributed by atoms with Crippen molar-refractivity contribution in [1.29, 1.82) is 0 Å². The first-order valence-corrected chi connectivity index (χ1v) is 6.32. The molecule has 0 aromatic heterocycles. The van der Waals surface area contributed by atoms with Gasteiger partial charge in [0, 0.05) is 6.08 Å². The second-order valence-electron chi connectivity index (χ2n) is 5.02. The van der Waals surface area contributed by atoms with Crippen LogP contribution in [0.3, 0.4) is 0 Å². The molecule has 2 aliphatic heterocycles. The molecule has 0 saturated carbocycles. The second kappa shape index (κ2) is 4.03. The predicted octanol–water partition coefficient (Wildman–Crippen LogP) is 2.79. The van der Waals surface area contributed by atoms with Crippen LogP contribution < -0.4 is 10.1 Å². The predicted molar refractivity (Wildman–Crippen MR) is 73.3 cm³/mol. The van der Waals surface area contributed by atoms with Gasteiger partial charge in [-0.05, 0) is 32.4 Å². The number of hydrogen-bond donors (Lipinski definition) is 2. The van der Waals surface area contributed by atoms with Gasteiger partial charge in [0.05, 0.1) is 5.69 Å². The summed E-state index contributed by atoms with van der Waals surface area (Å²) in [6.45, 7) is 5.03. The molecule has 5 heteroatoms. The van der Waals surface area contributed by atoms with Crippen LogP contribution in [-0.4, -0.2) is 16.8 Å². The number of aryl methyl sites for hydroxylation is 1. The molecule has 1 aromatic carbocycles. The normalized spacial score (nSPS) is 26.4. The first-order valence-electron chi connectivity index (χ1n) is 6.32. The van der Waals surface area contributed by atoms with Crippen molar-refractivity contribution in [3.05, 3.63) is 46.9 Å². The lowest BCUT2D eigenvalue weighted by Crippen LogP contribution is -2.47. The maximum atomic E-state index is 12.0. The third kappa shape index (κ3) is 1.66. The first kappa shape index (κ1) is 12.6. The summed E-state index contributed by atoms with van der Waals surface area (Å²) in [4.78, 5) is 12.0. The van der Waals surface area contributed by atoms with Crippen LogP contribution in [0.25, 0.3) is 0 Å². The molecule has 1 atom stereocenters. The number of aliphatic hydroxyl groups is 1. The minimum Gasteiger partial charge on any atom is -0.512 e. The van der Waals surface area contributed by atoms with E-state index in [1.807, 2.05) is 25.1 Å². The highest BCUT2D eigenvalue weighted by atomic mass is 16.6. The Hall–Kier alpha value is -2.43. The Morgan fingerprint density at radius 1 is 1.35 bits per heavy atom. The molecule has 3 rings (SSSR count). The highest BCUT2D eigenvalue weighted by Crippen LogP contribution is 2.45. The summed E-state index contributed by atoms with van der Waals surface area (Å²) in [5, 5.41) is 13.0. The summed E-state index contributed by atoms with van der Waals surface area (Å²) in [6.07, 6.45) is 1.66. The molecular formula is C15H15NO4. The molecule has 2 aliphatic rings. The van der Waals surface area contributed by atoms with E-state index in [2.05, 4.69) is 5.32 Å². The van der Waals surface area contributed by atoms with Gasteiger partial charge in [-0.1, -0.05) is 12.1 Å². The quantitative estimate of drug-likeness (QED) is 0.432. The van der Waals surface area contributed by atoms with E-state index in [0.29, 0.717) is 11.5 Å². The second-order valence-corrected chi connectivity index (χ2v) is 5.02. The molecule has 0 bridgehead atoms. The molecule has 0 fully saturated rings. The molecule has 1 spiro atoms. The van der Waals surface area contributed by atoms with E-state index in [1.165, 1.54) is 6.92 Å². The van der Waals surface area contributed by atoms with E-state index in [0.717, 1.165) is 11.3 Å². The van der Waals surface area contributed by atoms with E-state index in [1.54, 1.807) is 13.0 Å². The Kier molecular flexibility index (Phi) is 2.54. The van der Waals surface area contributed by atoms with Gasteiger partial charge in [0.2, 0.25) is 5.72 Å². The number of para-hydroxylation sites is 1. The number of cyclic esters (lactones) is 1. The highest BCUT2D eigenvalue weighted by molar-refractivity contribution is 5.95. The van der Waals surface area contributed by atoms with Gasteiger partial charge in [0.1, 0.15) is 22.8 Å². The molecule has 104 valence electrons. The van der Waals surface area contributed by atoms with Crippen LogP contribution in [0.15, 0.2) is 41.4 Å². The van der Waals surface area contributed by atoms with Gasteiger partial charge >= 0.3 is 5.97 Å². The van der Waals surface area contributed by atoms with Crippen LogP contribution in [0.2, 0.25) is 0 Å². The molecule has 2 heterocycles. The van der Waals surface area contributed by atoms with Crippen LogP contribution in [0, 0.1) is 6.92 Å². The number of carbonyl (C=O) groups is 1. The zero-order chi connectivity index (χ0) is 14.5. The topological polar surface area (TPSA) is 67.8 Å². The van der Waals surface area contributed by atoms with Crippen molar-refractivity contribution in [3.63, 3.8) is 0 Å². The molecule has 0 saturated heterocycles. The fourth-order valence-corrected chi connectivity index (χ4v) is 2.61. The Morgan fingerprint density at radius 3 is 2.75 bits per heavy atom. The third-order valence-electron chi connectivity index (χ3n) is 3.39. The van der Waals surface area contributed by atoms with Gasteiger partial charge in [-0.3, -0.25) is 0 Å². The number of anilines is 1. The Morgan fingerprint density at radius 2 is 2.10 bits per heavy atom. The lowest BCUT2D eigenvalue weighted by atomic mass is 9.98. The Balaban J connectivity index is 2.18. The van der Waals surface area contributed by atoms with Crippen molar-refractivity contribution < 1.29 is 19.4 Å². The fraction of sp³-hybridized carbons (Fsp3) is 0.267. The summed E-state index contributed by atoms with van der Waals surface area (Å²) in [7, 11) is 0. The molecular weight excluding hydrogens is 258 g/mol. The van der Waals surface area contributed by atoms with E-state index in [-0.39, 0.29) is 11.3 Å². The van der Waals surface area contributed by atoms with Gasteiger partial charge < -0.3 is 19.9 Å². The standard InChI is InChI=1S/C15H15NO4/c1-8-5-4-6-11-13(8)20-15(16-11)7-9(2)19-14(18)12(15)10(3)17/h4-7,16-17H,1-3H3/t15-/m1/s1. The molecule has 5 nitrogen and oxygen atoms in total. The number of rotatable bonds is 0. The van der Waals surface area contributed by atoms with Crippen molar-refractivity contribution in [2.24, 2.45) is 0 Å². The highest BCUT2D eigenvalue weighted by Gasteiger charge is 2.49. The third-order valence-corrected chi connectivity index (χ3v) is 3.39. The first-order chi connectivity index (χ1) is 9.43. The van der Waals surface area contributed by atoms with Crippen molar-refractivity contribution in [2.45, 2.75) is 26.5 Å². The number of aliphatic hydroxyl groups excluding tert-OH is 1. The average Bonchev–Trinajstić information content (AvgIpc) is 2.66. The number of fused-ring (bicyclic) bond motifs is 1.